The van der Waals surface area contributed by atoms with E-state index >= 15 is 0 Å². The van der Waals surface area contributed by atoms with Crippen molar-refractivity contribution in [3.63, 3.8) is 0 Å². The summed E-state index contributed by atoms with van der Waals surface area (Å²) in [5, 5.41) is 7.13. The molecule has 1 atom stereocenters. The number of rotatable bonds is 11. The number of nitrogens with zero attached hydrogens (tertiary/aromatic N) is 2. The van der Waals surface area contributed by atoms with Crippen molar-refractivity contribution in [1.29, 1.82) is 0 Å². The van der Waals surface area contributed by atoms with Crippen molar-refractivity contribution < 1.29 is 0 Å². The molecule has 0 aromatic rings. The zero-order valence-electron chi connectivity index (χ0n) is 15.1. The maximum Gasteiger partial charge on any atom is 0.0274 e. The first kappa shape index (κ1) is 19.8. The Balaban J connectivity index is 3.91. The first-order chi connectivity index (χ1) is 9.15. The lowest BCUT2D eigenvalue weighted by atomic mass is 10.0. The van der Waals surface area contributed by atoms with Crippen molar-refractivity contribution in [3.8, 4) is 0 Å². The zero-order chi connectivity index (χ0) is 15.8. The van der Waals surface area contributed by atoms with Crippen molar-refractivity contribution in [1.82, 2.24) is 20.4 Å². The molecule has 20 heavy (non-hydrogen) atoms. The van der Waals surface area contributed by atoms with Gasteiger partial charge in [-0.1, -0.05) is 13.8 Å². The van der Waals surface area contributed by atoms with Crippen molar-refractivity contribution >= 4 is 0 Å². The largest absolute Gasteiger partial charge is 0.313 e. The van der Waals surface area contributed by atoms with Gasteiger partial charge >= 0.3 is 0 Å². The minimum atomic E-state index is 0.202. The van der Waals surface area contributed by atoms with Crippen LogP contribution in [-0.4, -0.2) is 74.7 Å². The number of hydrogen-bond acceptors (Lipinski definition) is 4. The van der Waals surface area contributed by atoms with Crippen LogP contribution in [0.5, 0.6) is 0 Å². The highest BCUT2D eigenvalue weighted by molar-refractivity contribution is 4.83. The molecule has 2 N–H and O–H groups in total. The smallest absolute Gasteiger partial charge is 0.0274 e. The van der Waals surface area contributed by atoms with Gasteiger partial charge in [0.1, 0.15) is 0 Å². The summed E-state index contributed by atoms with van der Waals surface area (Å²) in [4.78, 5) is 4.68. The van der Waals surface area contributed by atoms with Crippen LogP contribution in [0.15, 0.2) is 0 Å². The second kappa shape index (κ2) is 9.72. The third-order valence-corrected chi connectivity index (χ3v) is 3.93. The molecule has 0 heterocycles. The van der Waals surface area contributed by atoms with E-state index in [9.17, 15) is 0 Å². The molecule has 0 aliphatic heterocycles. The molecule has 122 valence electrons. The lowest BCUT2D eigenvalue weighted by molar-refractivity contribution is 0.144. The molecule has 0 bridgehead atoms. The first-order valence-corrected chi connectivity index (χ1v) is 7.98. The molecule has 0 aromatic heterocycles. The van der Waals surface area contributed by atoms with Crippen LogP contribution < -0.4 is 10.6 Å². The van der Waals surface area contributed by atoms with Gasteiger partial charge in [-0.3, -0.25) is 4.90 Å². The average molecular weight is 287 g/mol. The summed E-state index contributed by atoms with van der Waals surface area (Å²) >= 11 is 0. The number of likely N-dealkylation sites (N-methyl/N-ethyl adjacent to an activating group) is 2. The third kappa shape index (κ3) is 9.70. The Bertz CT molecular complexity index is 239. The number of nitrogens with one attached hydrogen (secondary N) is 2. The van der Waals surface area contributed by atoms with E-state index in [0.717, 1.165) is 26.2 Å². The molecule has 0 amide bonds. The van der Waals surface area contributed by atoms with Crippen LogP contribution in [0.2, 0.25) is 0 Å². The second-order valence-corrected chi connectivity index (χ2v) is 7.22. The van der Waals surface area contributed by atoms with E-state index in [4.69, 9.17) is 0 Å². The van der Waals surface area contributed by atoms with Crippen molar-refractivity contribution in [3.05, 3.63) is 0 Å². The van der Waals surface area contributed by atoms with Gasteiger partial charge in [0.15, 0.2) is 0 Å². The summed E-state index contributed by atoms with van der Waals surface area (Å²) in [6.07, 6.45) is 1.19. The fraction of sp³-hybridized carbons (Fsp3) is 1.00. The molecule has 4 nitrogen and oxygen atoms in total. The molecule has 0 saturated carbocycles. The Morgan fingerprint density at radius 1 is 0.950 bits per heavy atom. The molecular weight excluding hydrogens is 248 g/mol. The molecule has 0 spiro atoms. The fourth-order valence-electron chi connectivity index (χ4n) is 1.92. The summed E-state index contributed by atoms with van der Waals surface area (Å²) in [5.74, 6) is 0. The standard InChI is InChI=1S/C16H38N4/c1-14(2)18-13-16(4,5)20(8)11-9-15(3)17-10-12-19(6)7/h14-15,17-18H,9-13H2,1-8H3. The molecular formula is C16H38N4. The van der Waals surface area contributed by atoms with E-state index in [-0.39, 0.29) is 5.54 Å². The van der Waals surface area contributed by atoms with Crippen molar-refractivity contribution in [2.45, 2.75) is 58.7 Å². The Morgan fingerprint density at radius 2 is 1.55 bits per heavy atom. The topological polar surface area (TPSA) is 30.5 Å². The van der Waals surface area contributed by atoms with Gasteiger partial charge in [-0.05, 0) is 54.9 Å². The molecule has 0 aliphatic carbocycles. The Hall–Kier alpha value is -0.160. The van der Waals surface area contributed by atoms with E-state index in [2.05, 4.69) is 76.2 Å². The predicted octanol–water partition coefficient (Wildman–Crippen LogP) is 1.62. The minimum Gasteiger partial charge on any atom is -0.313 e. The highest BCUT2D eigenvalue weighted by atomic mass is 15.2. The number of hydrogen-bond donors (Lipinski definition) is 2. The van der Waals surface area contributed by atoms with E-state index in [1.807, 2.05) is 0 Å². The Labute approximate surface area is 127 Å². The lowest BCUT2D eigenvalue weighted by Crippen LogP contribution is -2.51. The molecule has 0 radical (unpaired) electrons. The van der Waals surface area contributed by atoms with Crippen LogP contribution in [0.1, 0.15) is 41.0 Å². The van der Waals surface area contributed by atoms with Gasteiger partial charge in [-0.15, -0.1) is 0 Å². The highest BCUT2D eigenvalue weighted by Gasteiger charge is 2.23. The van der Waals surface area contributed by atoms with E-state index in [1.165, 1.54) is 6.42 Å². The maximum absolute atomic E-state index is 3.59. The van der Waals surface area contributed by atoms with Crippen molar-refractivity contribution in [2.75, 3.05) is 47.3 Å². The van der Waals surface area contributed by atoms with Crippen LogP contribution >= 0.6 is 0 Å². The van der Waals surface area contributed by atoms with Crippen LogP contribution in [0, 0.1) is 0 Å². The SMILES string of the molecule is CC(C)NCC(C)(C)N(C)CCC(C)NCCN(C)C. The third-order valence-electron chi connectivity index (χ3n) is 3.93. The quantitative estimate of drug-likeness (QED) is 0.604. The normalized spacial score (nSPS) is 14.6. The first-order valence-electron chi connectivity index (χ1n) is 7.98. The summed E-state index contributed by atoms with van der Waals surface area (Å²) in [6.45, 7) is 15.6. The van der Waals surface area contributed by atoms with Crippen LogP contribution in [-0.2, 0) is 0 Å². The van der Waals surface area contributed by atoms with Gasteiger partial charge in [-0.2, -0.15) is 0 Å². The minimum absolute atomic E-state index is 0.202. The Kier molecular flexibility index (Phi) is 9.64. The van der Waals surface area contributed by atoms with Gasteiger partial charge in [-0.25, -0.2) is 0 Å². The Morgan fingerprint density at radius 3 is 2.05 bits per heavy atom. The summed E-state index contributed by atoms with van der Waals surface area (Å²) in [5.41, 5.74) is 0.202. The van der Waals surface area contributed by atoms with Crippen molar-refractivity contribution in [2.24, 2.45) is 0 Å². The van der Waals surface area contributed by atoms with Crippen LogP contribution in [0.4, 0.5) is 0 Å². The monoisotopic (exact) mass is 286 g/mol. The molecule has 0 fully saturated rings. The summed E-state index contributed by atoms with van der Waals surface area (Å²) in [6, 6.07) is 1.13. The van der Waals surface area contributed by atoms with Gasteiger partial charge in [0.05, 0.1) is 0 Å². The van der Waals surface area contributed by atoms with Crippen LogP contribution in [0.3, 0.4) is 0 Å². The van der Waals surface area contributed by atoms with Gasteiger partial charge < -0.3 is 15.5 Å². The van der Waals surface area contributed by atoms with E-state index < -0.39 is 0 Å². The van der Waals surface area contributed by atoms with Crippen LogP contribution in [0.25, 0.3) is 0 Å². The molecule has 4 heteroatoms. The fourth-order valence-corrected chi connectivity index (χ4v) is 1.92. The molecule has 0 saturated heterocycles. The maximum atomic E-state index is 3.59. The highest BCUT2D eigenvalue weighted by Crippen LogP contribution is 2.12. The second-order valence-electron chi connectivity index (χ2n) is 7.22. The van der Waals surface area contributed by atoms with Gasteiger partial charge in [0, 0.05) is 37.3 Å². The average Bonchev–Trinajstić information content (AvgIpc) is 2.33. The van der Waals surface area contributed by atoms with E-state index in [0.29, 0.717) is 12.1 Å². The zero-order valence-corrected chi connectivity index (χ0v) is 15.1. The van der Waals surface area contributed by atoms with E-state index in [1.54, 1.807) is 0 Å². The van der Waals surface area contributed by atoms with Gasteiger partial charge in [0.25, 0.3) is 0 Å². The predicted molar refractivity (Wildman–Crippen MR) is 90.5 cm³/mol. The molecule has 1 unspecified atom stereocenters. The lowest BCUT2D eigenvalue weighted by Gasteiger charge is -2.37. The molecule has 0 aliphatic rings. The summed E-state index contributed by atoms with van der Waals surface area (Å²) in [7, 11) is 6.46. The van der Waals surface area contributed by atoms with Gasteiger partial charge in [0.2, 0.25) is 0 Å². The molecule has 0 aromatic carbocycles. The summed E-state index contributed by atoms with van der Waals surface area (Å²) < 4.78 is 0. The molecule has 0 rings (SSSR count).